The molecule has 0 spiro atoms. The minimum atomic E-state index is -3.69. The lowest BCUT2D eigenvalue weighted by Gasteiger charge is -2.32. The van der Waals surface area contributed by atoms with Crippen molar-refractivity contribution in [3.05, 3.63) is 64.6 Å². The van der Waals surface area contributed by atoms with Crippen LogP contribution in [0.5, 0.6) is 5.75 Å². The molecule has 0 saturated carbocycles. The second kappa shape index (κ2) is 12.2. The van der Waals surface area contributed by atoms with Crippen molar-refractivity contribution in [2.75, 3.05) is 36.0 Å². The number of anilines is 2. The van der Waals surface area contributed by atoms with E-state index in [1.54, 1.807) is 52.3 Å². The number of carbonyl (C=O) groups is 3. The lowest BCUT2D eigenvalue weighted by molar-refractivity contribution is -0.129. The highest BCUT2D eigenvalue weighted by Gasteiger charge is 2.43. The molecule has 2 N–H and O–H groups in total. The monoisotopic (exact) mass is 644 g/mol. The van der Waals surface area contributed by atoms with Crippen LogP contribution in [-0.4, -0.2) is 70.4 Å². The van der Waals surface area contributed by atoms with E-state index in [1.807, 2.05) is 30.3 Å². The van der Waals surface area contributed by atoms with Gasteiger partial charge in [-0.2, -0.15) is 0 Å². The number of methoxy groups -OCH3 is 1. The molecule has 12 heteroatoms. The summed E-state index contributed by atoms with van der Waals surface area (Å²) in [5.74, 6) is -1.77. The number of ether oxygens (including phenoxy) is 1. The summed E-state index contributed by atoms with van der Waals surface area (Å²) in [6.07, 6.45) is 0.982. The molecular weight excluding hydrogens is 612 g/mol. The first-order valence-electron chi connectivity index (χ1n) is 13.0. The fourth-order valence-corrected chi connectivity index (χ4v) is 5.99. The molecule has 3 aromatic carbocycles. The second-order valence-electron chi connectivity index (χ2n) is 10.1. The summed E-state index contributed by atoms with van der Waals surface area (Å²) < 4.78 is 30.9. The van der Waals surface area contributed by atoms with Crippen LogP contribution in [-0.2, 0) is 30.8 Å². The van der Waals surface area contributed by atoms with Gasteiger partial charge >= 0.3 is 0 Å². The molecule has 3 aromatic rings. The van der Waals surface area contributed by atoms with Crippen molar-refractivity contribution in [2.45, 2.75) is 38.5 Å². The number of fused-ring (bicyclic) bond motifs is 2. The van der Waals surface area contributed by atoms with Crippen molar-refractivity contribution < 1.29 is 27.5 Å². The van der Waals surface area contributed by atoms with Gasteiger partial charge in [-0.05, 0) is 62.0 Å². The number of nitrogens with one attached hydrogen (secondary N) is 2. The zero-order valence-electron chi connectivity index (χ0n) is 23.5. The number of para-hydroxylation sites is 2. The third kappa shape index (κ3) is 6.39. The highest BCUT2D eigenvalue weighted by molar-refractivity contribution is 9.10. The van der Waals surface area contributed by atoms with Gasteiger partial charge < -0.3 is 25.2 Å². The van der Waals surface area contributed by atoms with Crippen LogP contribution >= 0.6 is 15.9 Å². The highest BCUT2D eigenvalue weighted by atomic mass is 79.9. The number of carbonyl (C=O) groups excluding carboxylic acids is 3. The Morgan fingerprint density at radius 2 is 1.78 bits per heavy atom. The molecule has 1 aliphatic rings. The predicted molar refractivity (Wildman–Crippen MR) is 163 cm³/mol. The summed E-state index contributed by atoms with van der Waals surface area (Å²) >= 11 is 3.51. The molecule has 41 heavy (non-hydrogen) atoms. The number of rotatable bonds is 8. The average Bonchev–Trinajstić information content (AvgIpc) is 3.00. The van der Waals surface area contributed by atoms with Crippen LogP contribution in [0, 0.1) is 0 Å². The van der Waals surface area contributed by atoms with Crippen LogP contribution in [0.3, 0.4) is 0 Å². The van der Waals surface area contributed by atoms with E-state index in [0.717, 1.165) is 27.1 Å². The Morgan fingerprint density at radius 1 is 1.10 bits per heavy atom. The summed E-state index contributed by atoms with van der Waals surface area (Å²) in [6.45, 7) is 3.34. The number of halogens is 1. The number of hydrogen-bond donors (Lipinski definition) is 2. The smallest absolute Gasteiger partial charge is 0.252 e. The van der Waals surface area contributed by atoms with E-state index in [4.69, 9.17) is 4.74 Å². The fourth-order valence-electron chi connectivity index (χ4n) is 5.03. The third-order valence-electron chi connectivity index (χ3n) is 7.22. The van der Waals surface area contributed by atoms with Gasteiger partial charge in [0.15, 0.2) is 9.84 Å². The van der Waals surface area contributed by atoms with Crippen LogP contribution in [0.1, 0.15) is 19.4 Å². The molecule has 4 rings (SSSR count). The van der Waals surface area contributed by atoms with E-state index in [2.05, 4.69) is 26.6 Å². The van der Waals surface area contributed by atoms with Crippen molar-refractivity contribution in [1.29, 1.82) is 0 Å². The average molecular weight is 646 g/mol. The summed E-state index contributed by atoms with van der Waals surface area (Å²) in [4.78, 5) is 43.8. The van der Waals surface area contributed by atoms with E-state index in [-0.39, 0.29) is 6.54 Å². The zero-order chi connectivity index (χ0) is 30.1. The molecular formula is C29H33BrN4O6S. The van der Waals surface area contributed by atoms with Gasteiger partial charge in [0.1, 0.15) is 17.5 Å². The maximum Gasteiger partial charge on any atom is 0.252 e. The first-order chi connectivity index (χ1) is 19.4. The van der Waals surface area contributed by atoms with E-state index < -0.39 is 51.4 Å². The molecule has 0 saturated heterocycles. The van der Waals surface area contributed by atoms with Crippen LogP contribution in [0.4, 0.5) is 11.4 Å². The predicted octanol–water partition coefficient (Wildman–Crippen LogP) is 3.02. The Hall–Kier alpha value is -3.48. The van der Waals surface area contributed by atoms with Gasteiger partial charge in [-0.3, -0.25) is 14.4 Å². The lowest BCUT2D eigenvalue weighted by atomic mass is 10.0. The van der Waals surface area contributed by atoms with Crippen LogP contribution < -0.4 is 25.2 Å². The molecule has 0 bridgehead atoms. The highest BCUT2D eigenvalue weighted by Crippen LogP contribution is 2.39. The Kier molecular flexibility index (Phi) is 9.05. The van der Waals surface area contributed by atoms with E-state index in [9.17, 15) is 22.8 Å². The molecule has 3 atom stereocenters. The topological polar surface area (TPSA) is 125 Å². The number of amides is 3. The Labute approximate surface area is 248 Å². The minimum absolute atomic E-state index is 0.0623. The van der Waals surface area contributed by atoms with Crippen LogP contribution in [0.15, 0.2) is 59.1 Å². The number of likely N-dealkylation sites (N-methyl/N-ethyl adjacent to an activating group) is 1. The van der Waals surface area contributed by atoms with Gasteiger partial charge in [-0.1, -0.05) is 40.2 Å². The largest absolute Gasteiger partial charge is 0.496 e. The van der Waals surface area contributed by atoms with Gasteiger partial charge in [-0.25, -0.2) is 8.42 Å². The third-order valence-corrected chi connectivity index (χ3v) is 8.48. The van der Waals surface area contributed by atoms with Gasteiger partial charge in [0, 0.05) is 16.3 Å². The Morgan fingerprint density at radius 3 is 2.41 bits per heavy atom. The molecule has 3 amide bonds. The first kappa shape index (κ1) is 30.5. The fraction of sp³-hybridized carbons (Fsp3) is 0.345. The molecule has 1 aliphatic heterocycles. The van der Waals surface area contributed by atoms with Gasteiger partial charge in [0.05, 0.1) is 37.1 Å². The quantitative estimate of drug-likeness (QED) is 0.386. The normalized spacial score (nSPS) is 18.0. The molecule has 10 nitrogen and oxygen atoms in total. The summed E-state index contributed by atoms with van der Waals surface area (Å²) in [6, 6.07) is 13.7. The molecule has 218 valence electrons. The lowest BCUT2D eigenvalue weighted by Crippen LogP contribution is -2.60. The van der Waals surface area contributed by atoms with Crippen LogP contribution in [0.25, 0.3) is 10.8 Å². The van der Waals surface area contributed by atoms with E-state index >= 15 is 0 Å². The zero-order valence-corrected chi connectivity index (χ0v) is 25.9. The Balaban J connectivity index is 1.92. The number of benzene rings is 3. The number of sulfone groups is 1. The Bertz CT molecular complexity index is 1610. The SMILES string of the molecule is CNC(C)C(=O)N[C@@H]1C(=O)N(Cc2c(OC)ccc3cc(Br)ccc23)c2ccccc2N(C(=O)CS(C)(=O)=O)[C@H]1C. The van der Waals surface area contributed by atoms with Crippen molar-refractivity contribution >= 4 is 65.6 Å². The van der Waals surface area contributed by atoms with Gasteiger partial charge in [0.2, 0.25) is 11.8 Å². The molecule has 0 radical (unpaired) electrons. The number of hydrogen-bond acceptors (Lipinski definition) is 7. The van der Waals surface area contributed by atoms with Crippen molar-refractivity contribution in [2.24, 2.45) is 0 Å². The van der Waals surface area contributed by atoms with Gasteiger partial charge in [-0.15, -0.1) is 0 Å². The van der Waals surface area contributed by atoms with Crippen molar-refractivity contribution in [1.82, 2.24) is 10.6 Å². The molecule has 1 unspecified atom stereocenters. The summed E-state index contributed by atoms with van der Waals surface area (Å²) in [7, 11) is -0.512. The molecule has 0 fully saturated rings. The van der Waals surface area contributed by atoms with Crippen molar-refractivity contribution in [3.63, 3.8) is 0 Å². The summed E-state index contributed by atoms with van der Waals surface area (Å²) in [5.41, 5.74) is 1.50. The second-order valence-corrected chi connectivity index (χ2v) is 13.2. The summed E-state index contributed by atoms with van der Waals surface area (Å²) in [5, 5.41) is 7.46. The first-order valence-corrected chi connectivity index (χ1v) is 15.8. The van der Waals surface area contributed by atoms with Crippen molar-refractivity contribution in [3.8, 4) is 5.75 Å². The van der Waals surface area contributed by atoms with Gasteiger partial charge in [0.25, 0.3) is 5.91 Å². The van der Waals surface area contributed by atoms with Crippen LogP contribution in [0.2, 0.25) is 0 Å². The van der Waals surface area contributed by atoms with E-state index in [1.165, 1.54) is 9.80 Å². The molecule has 0 aliphatic carbocycles. The number of nitrogens with zero attached hydrogens (tertiary/aromatic N) is 2. The molecule has 0 aromatic heterocycles. The maximum atomic E-state index is 14.4. The standard InChI is InChI=1S/C29H33BrN4O6S/c1-17(31-3)28(36)32-27-18(2)34(26(35)16-41(5,38)39)24-9-7-6-8-23(24)33(29(27)37)15-22-21-12-11-20(30)14-19(21)10-13-25(22)40-4/h6-14,17-18,27,31H,15-16H2,1-5H3,(H,32,36)/t17?,18-,27-/m0/s1. The minimum Gasteiger partial charge on any atom is -0.496 e. The van der Waals surface area contributed by atoms with E-state index in [0.29, 0.717) is 17.1 Å². The molecule has 1 heterocycles. The maximum absolute atomic E-state index is 14.4.